The molecular weight excluding hydrogens is 188 g/mol. The highest BCUT2D eigenvalue weighted by Crippen LogP contribution is 2.27. The topological polar surface area (TPSA) is 26.3 Å². The predicted molar refractivity (Wildman–Crippen MR) is 61.1 cm³/mol. The standard InChI is InChI=1S/C13H18O2/c1-5-13(2,3)11-8-6-7-10(9-11)12(14)15-4/h6-9H,5H2,1-4H3. The summed E-state index contributed by atoms with van der Waals surface area (Å²) < 4.78 is 4.70. The lowest BCUT2D eigenvalue weighted by atomic mass is 9.82. The highest BCUT2D eigenvalue weighted by Gasteiger charge is 2.19. The van der Waals surface area contributed by atoms with Crippen LogP contribution in [0.1, 0.15) is 43.1 Å². The summed E-state index contributed by atoms with van der Waals surface area (Å²) in [6.07, 6.45) is 1.04. The molecule has 0 aliphatic heterocycles. The van der Waals surface area contributed by atoms with Gasteiger partial charge in [-0.25, -0.2) is 4.79 Å². The Morgan fingerprint density at radius 1 is 1.40 bits per heavy atom. The summed E-state index contributed by atoms with van der Waals surface area (Å²) in [6.45, 7) is 6.48. The molecule has 0 saturated carbocycles. The van der Waals surface area contributed by atoms with Crippen LogP contribution < -0.4 is 0 Å². The molecule has 0 aliphatic carbocycles. The fourth-order valence-electron chi connectivity index (χ4n) is 1.39. The lowest BCUT2D eigenvalue weighted by Gasteiger charge is -2.23. The monoisotopic (exact) mass is 206 g/mol. The molecule has 0 atom stereocenters. The van der Waals surface area contributed by atoms with Crippen LogP contribution in [-0.4, -0.2) is 13.1 Å². The molecule has 0 radical (unpaired) electrons. The third-order valence-corrected chi connectivity index (χ3v) is 2.95. The molecular formula is C13H18O2. The van der Waals surface area contributed by atoms with E-state index in [1.165, 1.54) is 12.7 Å². The summed E-state index contributed by atoms with van der Waals surface area (Å²) >= 11 is 0. The molecule has 15 heavy (non-hydrogen) atoms. The normalized spacial score (nSPS) is 11.2. The maximum Gasteiger partial charge on any atom is 0.337 e. The Labute approximate surface area is 91.3 Å². The molecule has 1 aromatic rings. The van der Waals surface area contributed by atoms with Gasteiger partial charge in [0.15, 0.2) is 0 Å². The molecule has 1 aromatic carbocycles. The van der Waals surface area contributed by atoms with Crippen LogP contribution in [0.4, 0.5) is 0 Å². The smallest absolute Gasteiger partial charge is 0.337 e. The van der Waals surface area contributed by atoms with Gasteiger partial charge in [-0.2, -0.15) is 0 Å². The quantitative estimate of drug-likeness (QED) is 0.710. The molecule has 0 spiro atoms. The lowest BCUT2D eigenvalue weighted by molar-refractivity contribution is 0.0600. The van der Waals surface area contributed by atoms with Gasteiger partial charge in [0.1, 0.15) is 0 Å². The Balaban J connectivity index is 3.08. The maximum absolute atomic E-state index is 11.4. The van der Waals surface area contributed by atoms with Crippen molar-refractivity contribution in [2.24, 2.45) is 0 Å². The first-order valence-electron chi connectivity index (χ1n) is 5.20. The largest absolute Gasteiger partial charge is 0.465 e. The van der Waals surface area contributed by atoms with Gasteiger partial charge in [0, 0.05) is 0 Å². The van der Waals surface area contributed by atoms with Crippen molar-refractivity contribution in [3.63, 3.8) is 0 Å². The van der Waals surface area contributed by atoms with Gasteiger partial charge in [-0.3, -0.25) is 0 Å². The van der Waals surface area contributed by atoms with Crippen LogP contribution >= 0.6 is 0 Å². The van der Waals surface area contributed by atoms with Crippen molar-refractivity contribution >= 4 is 5.97 Å². The minimum absolute atomic E-state index is 0.101. The molecule has 0 amide bonds. The van der Waals surface area contributed by atoms with Crippen molar-refractivity contribution in [3.8, 4) is 0 Å². The van der Waals surface area contributed by atoms with E-state index in [1.54, 1.807) is 6.07 Å². The Bertz CT molecular complexity index is 353. The van der Waals surface area contributed by atoms with E-state index in [0.717, 1.165) is 6.42 Å². The van der Waals surface area contributed by atoms with Gasteiger partial charge in [-0.05, 0) is 29.5 Å². The number of ether oxygens (including phenoxy) is 1. The number of rotatable bonds is 3. The zero-order chi connectivity index (χ0) is 11.5. The van der Waals surface area contributed by atoms with Gasteiger partial charge in [-0.1, -0.05) is 32.9 Å². The molecule has 1 rings (SSSR count). The zero-order valence-electron chi connectivity index (χ0n) is 9.83. The second-order valence-electron chi connectivity index (χ2n) is 4.31. The minimum atomic E-state index is -0.274. The van der Waals surface area contributed by atoms with Crippen LogP contribution in [0.5, 0.6) is 0 Å². The van der Waals surface area contributed by atoms with Crippen LogP contribution in [0.3, 0.4) is 0 Å². The van der Waals surface area contributed by atoms with Gasteiger partial charge in [0.2, 0.25) is 0 Å². The molecule has 82 valence electrons. The number of hydrogen-bond donors (Lipinski definition) is 0. The molecule has 0 heterocycles. The van der Waals surface area contributed by atoms with E-state index in [1.807, 2.05) is 12.1 Å². The molecule has 2 heteroatoms. The number of hydrogen-bond acceptors (Lipinski definition) is 2. The van der Waals surface area contributed by atoms with Crippen molar-refractivity contribution in [1.29, 1.82) is 0 Å². The molecule has 0 aromatic heterocycles. The Morgan fingerprint density at radius 3 is 2.60 bits per heavy atom. The Kier molecular flexibility index (Phi) is 3.51. The number of benzene rings is 1. The van der Waals surface area contributed by atoms with E-state index in [2.05, 4.69) is 26.8 Å². The fourth-order valence-corrected chi connectivity index (χ4v) is 1.39. The van der Waals surface area contributed by atoms with E-state index in [9.17, 15) is 4.79 Å². The molecule has 0 fully saturated rings. The number of esters is 1. The second-order valence-corrected chi connectivity index (χ2v) is 4.31. The molecule has 0 unspecified atom stereocenters. The second kappa shape index (κ2) is 4.47. The maximum atomic E-state index is 11.4. The lowest BCUT2D eigenvalue weighted by Crippen LogP contribution is -2.16. The van der Waals surface area contributed by atoms with Crippen LogP contribution in [-0.2, 0) is 10.2 Å². The van der Waals surface area contributed by atoms with E-state index < -0.39 is 0 Å². The van der Waals surface area contributed by atoms with Gasteiger partial charge < -0.3 is 4.74 Å². The van der Waals surface area contributed by atoms with E-state index in [4.69, 9.17) is 4.74 Å². The third-order valence-electron chi connectivity index (χ3n) is 2.95. The highest BCUT2D eigenvalue weighted by molar-refractivity contribution is 5.89. The number of carbonyl (C=O) groups is 1. The van der Waals surface area contributed by atoms with Crippen molar-refractivity contribution in [1.82, 2.24) is 0 Å². The first-order chi connectivity index (χ1) is 7.01. The predicted octanol–water partition coefficient (Wildman–Crippen LogP) is 3.16. The Hall–Kier alpha value is -1.31. The van der Waals surface area contributed by atoms with Crippen LogP contribution in [0.2, 0.25) is 0 Å². The average molecular weight is 206 g/mol. The van der Waals surface area contributed by atoms with Crippen LogP contribution in [0.15, 0.2) is 24.3 Å². The summed E-state index contributed by atoms with van der Waals surface area (Å²) in [5, 5.41) is 0. The average Bonchev–Trinajstić information content (AvgIpc) is 2.28. The van der Waals surface area contributed by atoms with Crippen molar-refractivity contribution < 1.29 is 9.53 Å². The zero-order valence-corrected chi connectivity index (χ0v) is 9.83. The number of methoxy groups -OCH3 is 1. The summed E-state index contributed by atoms with van der Waals surface area (Å²) in [5.74, 6) is -0.274. The van der Waals surface area contributed by atoms with Gasteiger partial charge in [-0.15, -0.1) is 0 Å². The van der Waals surface area contributed by atoms with Crippen LogP contribution in [0.25, 0.3) is 0 Å². The fraction of sp³-hybridized carbons (Fsp3) is 0.462. The van der Waals surface area contributed by atoms with E-state index >= 15 is 0 Å². The first kappa shape index (κ1) is 11.8. The van der Waals surface area contributed by atoms with Crippen molar-refractivity contribution in [3.05, 3.63) is 35.4 Å². The minimum Gasteiger partial charge on any atom is -0.465 e. The van der Waals surface area contributed by atoms with Gasteiger partial charge >= 0.3 is 5.97 Å². The Morgan fingerprint density at radius 2 is 2.07 bits per heavy atom. The summed E-state index contributed by atoms with van der Waals surface area (Å²) in [5.41, 5.74) is 1.90. The first-order valence-corrected chi connectivity index (χ1v) is 5.20. The van der Waals surface area contributed by atoms with Crippen molar-refractivity contribution in [2.45, 2.75) is 32.6 Å². The molecule has 0 N–H and O–H groups in total. The summed E-state index contributed by atoms with van der Waals surface area (Å²) in [7, 11) is 1.40. The van der Waals surface area contributed by atoms with Crippen LogP contribution in [0, 0.1) is 0 Å². The molecule has 0 aliphatic rings. The van der Waals surface area contributed by atoms with Gasteiger partial charge in [0.25, 0.3) is 0 Å². The van der Waals surface area contributed by atoms with E-state index in [-0.39, 0.29) is 11.4 Å². The molecule has 0 saturated heterocycles. The van der Waals surface area contributed by atoms with Crippen molar-refractivity contribution in [2.75, 3.05) is 7.11 Å². The highest BCUT2D eigenvalue weighted by atomic mass is 16.5. The third kappa shape index (κ3) is 2.58. The molecule has 2 nitrogen and oxygen atoms in total. The number of carbonyl (C=O) groups excluding carboxylic acids is 1. The van der Waals surface area contributed by atoms with Gasteiger partial charge in [0.05, 0.1) is 12.7 Å². The molecule has 0 bridgehead atoms. The SMILES string of the molecule is CCC(C)(C)c1cccc(C(=O)OC)c1. The summed E-state index contributed by atoms with van der Waals surface area (Å²) in [4.78, 5) is 11.4. The summed E-state index contributed by atoms with van der Waals surface area (Å²) in [6, 6.07) is 7.64. The van der Waals surface area contributed by atoms with E-state index in [0.29, 0.717) is 5.56 Å².